The number of primary amides is 1. The molecule has 15 heavy (non-hydrogen) atoms. The zero-order valence-electron chi connectivity index (χ0n) is 9.78. The predicted octanol–water partition coefficient (Wildman–Crippen LogP) is 3.10. The zero-order valence-corrected chi connectivity index (χ0v) is 9.78. The van der Waals surface area contributed by atoms with Gasteiger partial charge in [0.15, 0.2) is 0 Å². The van der Waals surface area contributed by atoms with Crippen LogP contribution in [0, 0.1) is 5.41 Å². The average molecular weight is 221 g/mol. The third-order valence-electron chi connectivity index (χ3n) is 2.95. The van der Waals surface area contributed by atoms with E-state index in [1.54, 1.807) is 6.92 Å². The number of carbonyl (C=O) groups excluding carboxylic acids is 1. The molecule has 90 valence electrons. The topological polar surface area (TPSA) is 43.1 Å². The van der Waals surface area contributed by atoms with E-state index in [1.807, 2.05) is 6.92 Å². The summed E-state index contributed by atoms with van der Waals surface area (Å²) in [5.74, 6) is -3.91. The first-order chi connectivity index (χ1) is 6.81. The molecule has 0 spiro atoms. The molecule has 0 aliphatic carbocycles. The molecular weight excluding hydrogens is 200 g/mol. The summed E-state index contributed by atoms with van der Waals surface area (Å²) in [6.45, 7) is 4.49. The largest absolute Gasteiger partial charge is 0.369 e. The van der Waals surface area contributed by atoms with Crippen LogP contribution in [0.2, 0.25) is 0 Å². The quantitative estimate of drug-likeness (QED) is 0.705. The second-order valence-corrected chi connectivity index (χ2v) is 4.19. The van der Waals surface area contributed by atoms with Crippen molar-refractivity contribution in [3.05, 3.63) is 0 Å². The number of carbonyl (C=O) groups is 1. The highest BCUT2D eigenvalue weighted by atomic mass is 19.3. The maximum Gasteiger partial charge on any atom is 0.259 e. The van der Waals surface area contributed by atoms with Gasteiger partial charge in [-0.1, -0.05) is 33.1 Å². The fraction of sp³-hybridized carbons (Fsp3) is 0.909. The number of unbranched alkanes of at least 4 members (excludes halogenated alkanes) is 1. The Balaban J connectivity index is 4.99. The summed E-state index contributed by atoms with van der Waals surface area (Å²) in [7, 11) is 0. The first kappa shape index (κ1) is 14.3. The summed E-state index contributed by atoms with van der Waals surface area (Å²) in [6.07, 6.45) is 2.26. The number of amides is 1. The Labute approximate surface area is 90.2 Å². The first-order valence-electron chi connectivity index (χ1n) is 5.49. The van der Waals surface area contributed by atoms with E-state index in [4.69, 9.17) is 5.73 Å². The van der Waals surface area contributed by atoms with E-state index in [1.165, 1.54) is 0 Å². The normalized spacial score (nSPS) is 16.1. The van der Waals surface area contributed by atoms with E-state index in [0.29, 0.717) is 12.8 Å². The summed E-state index contributed by atoms with van der Waals surface area (Å²) < 4.78 is 27.0. The van der Waals surface area contributed by atoms with Crippen molar-refractivity contribution in [1.29, 1.82) is 0 Å². The van der Waals surface area contributed by atoms with E-state index in [9.17, 15) is 13.6 Å². The molecule has 0 aromatic rings. The molecule has 0 radical (unpaired) electrons. The van der Waals surface area contributed by atoms with Gasteiger partial charge in [-0.05, 0) is 12.8 Å². The SMILES string of the molecule is CCCCC(CCC)(C(N)=O)C(C)(F)F. The van der Waals surface area contributed by atoms with Crippen LogP contribution in [0.5, 0.6) is 0 Å². The summed E-state index contributed by atoms with van der Waals surface area (Å²) in [6, 6.07) is 0. The van der Waals surface area contributed by atoms with Crippen LogP contribution in [0.3, 0.4) is 0 Å². The van der Waals surface area contributed by atoms with Gasteiger partial charge in [0, 0.05) is 6.92 Å². The molecule has 0 heterocycles. The van der Waals surface area contributed by atoms with E-state index < -0.39 is 17.2 Å². The minimum atomic E-state index is -3.04. The molecule has 0 saturated heterocycles. The smallest absolute Gasteiger partial charge is 0.259 e. The van der Waals surface area contributed by atoms with Crippen molar-refractivity contribution in [1.82, 2.24) is 0 Å². The Kier molecular flexibility index (Phi) is 5.18. The summed E-state index contributed by atoms with van der Waals surface area (Å²) in [5, 5.41) is 0. The molecule has 0 aliphatic heterocycles. The van der Waals surface area contributed by atoms with Gasteiger partial charge in [-0.15, -0.1) is 0 Å². The van der Waals surface area contributed by atoms with Crippen LogP contribution in [0.4, 0.5) is 8.78 Å². The summed E-state index contributed by atoms with van der Waals surface area (Å²) in [5.41, 5.74) is 3.51. The summed E-state index contributed by atoms with van der Waals surface area (Å²) in [4.78, 5) is 11.3. The Morgan fingerprint density at radius 2 is 1.73 bits per heavy atom. The van der Waals surface area contributed by atoms with Crippen LogP contribution < -0.4 is 5.73 Å². The maximum atomic E-state index is 13.5. The minimum Gasteiger partial charge on any atom is -0.369 e. The number of rotatable bonds is 7. The van der Waals surface area contributed by atoms with E-state index in [-0.39, 0.29) is 12.8 Å². The van der Waals surface area contributed by atoms with Gasteiger partial charge in [0.25, 0.3) is 5.92 Å². The number of hydrogen-bond acceptors (Lipinski definition) is 1. The lowest BCUT2D eigenvalue weighted by Crippen LogP contribution is -2.49. The van der Waals surface area contributed by atoms with Gasteiger partial charge in [0.05, 0.1) is 0 Å². The fourth-order valence-electron chi connectivity index (χ4n) is 1.93. The highest BCUT2D eigenvalue weighted by Crippen LogP contribution is 2.44. The second-order valence-electron chi connectivity index (χ2n) is 4.19. The number of halogens is 2. The van der Waals surface area contributed by atoms with Gasteiger partial charge in [-0.25, -0.2) is 8.78 Å². The van der Waals surface area contributed by atoms with Gasteiger partial charge in [0.1, 0.15) is 5.41 Å². The van der Waals surface area contributed by atoms with Crippen LogP contribution in [-0.4, -0.2) is 11.8 Å². The van der Waals surface area contributed by atoms with E-state index in [2.05, 4.69) is 0 Å². The third kappa shape index (κ3) is 3.14. The van der Waals surface area contributed by atoms with Gasteiger partial charge < -0.3 is 5.73 Å². The first-order valence-corrected chi connectivity index (χ1v) is 5.49. The molecule has 0 aromatic heterocycles. The van der Waals surface area contributed by atoms with Crippen molar-refractivity contribution in [3.63, 3.8) is 0 Å². The minimum absolute atomic E-state index is 0.159. The maximum absolute atomic E-state index is 13.5. The van der Waals surface area contributed by atoms with E-state index >= 15 is 0 Å². The highest BCUT2D eigenvalue weighted by molar-refractivity contribution is 5.82. The van der Waals surface area contributed by atoms with Crippen LogP contribution >= 0.6 is 0 Å². The number of hydrogen-bond donors (Lipinski definition) is 1. The standard InChI is InChI=1S/C11H21F2NO/c1-4-6-8-11(7-5-2,9(14)15)10(3,12)13/h4-8H2,1-3H3,(H2,14,15). The lowest BCUT2D eigenvalue weighted by molar-refractivity contribution is -0.158. The lowest BCUT2D eigenvalue weighted by atomic mass is 9.73. The van der Waals surface area contributed by atoms with Crippen molar-refractivity contribution in [2.75, 3.05) is 0 Å². The zero-order chi connectivity index (χ0) is 12.1. The number of nitrogens with two attached hydrogens (primary N) is 1. The molecule has 0 saturated carbocycles. The van der Waals surface area contributed by atoms with Crippen molar-refractivity contribution >= 4 is 5.91 Å². The fourth-order valence-corrected chi connectivity index (χ4v) is 1.93. The molecule has 4 heteroatoms. The van der Waals surface area contributed by atoms with Crippen molar-refractivity contribution in [3.8, 4) is 0 Å². The van der Waals surface area contributed by atoms with E-state index in [0.717, 1.165) is 13.3 Å². The molecule has 1 unspecified atom stereocenters. The molecule has 0 rings (SSSR count). The molecule has 0 aliphatic rings. The Bertz CT molecular complexity index is 213. The van der Waals surface area contributed by atoms with Crippen LogP contribution in [-0.2, 0) is 4.79 Å². The molecule has 1 amide bonds. The molecule has 2 N–H and O–H groups in total. The Hall–Kier alpha value is -0.670. The molecule has 2 nitrogen and oxygen atoms in total. The van der Waals surface area contributed by atoms with Crippen molar-refractivity contribution < 1.29 is 13.6 Å². The molecule has 0 aromatic carbocycles. The third-order valence-corrected chi connectivity index (χ3v) is 2.95. The molecule has 0 bridgehead atoms. The van der Waals surface area contributed by atoms with Crippen LogP contribution in [0.25, 0.3) is 0 Å². The van der Waals surface area contributed by atoms with Crippen LogP contribution in [0.1, 0.15) is 52.9 Å². The van der Waals surface area contributed by atoms with Gasteiger partial charge in [0.2, 0.25) is 5.91 Å². The second kappa shape index (κ2) is 5.42. The van der Waals surface area contributed by atoms with Gasteiger partial charge in [-0.3, -0.25) is 4.79 Å². The van der Waals surface area contributed by atoms with Gasteiger partial charge >= 0.3 is 0 Å². The summed E-state index contributed by atoms with van der Waals surface area (Å²) >= 11 is 0. The van der Waals surface area contributed by atoms with Crippen molar-refractivity contribution in [2.45, 2.75) is 58.8 Å². The molecule has 1 atom stereocenters. The number of alkyl halides is 2. The monoisotopic (exact) mass is 221 g/mol. The Morgan fingerprint density at radius 3 is 2.00 bits per heavy atom. The molecule has 0 fully saturated rings. The van der Waals surface area contributed by atoms with Crippen LogP contribution in [0.15, 0.2) is 0 Å². The van der Waals surface area contributed by atoms with Crippen molar-refractivity contribution in [2.24, 2.45) is 11.1 Å². The average Bonchev–Trinajstić information content (AvgIpc) is 2.09. The highest BCUT2D eigenvalue weighted by Gasteiger charge is 2.53. The lowest BCUT2D eigenvalue weighted by Gasteiger charge is -2.35. The Morgan fingerprint density at radius 1 is 1.20 bits per heavy atom. The molecular formula is C11H21F2NO. The predicted molar refractivity (Wildman–Crippen MR) is 56.7 cm³/mol. The van der Waals surface area contributed by atoms with Gasteiger partial charge in [-0.2, -0.15) is 0 Å².